The molecule has 394 valence electrons. The molecule has 0 radical (unpaired) electrons. The smallest absolute Gasteiger partial charge is 0.328 e. The van der Waals surface area contributed by atoms with Crippen LogP contribution in [0.15, 0.2) is 148 Å². The van der Waals surface area contributed by atoms with Crippen LogP contribution in [-0.2, 0) is 36.5 Å². The van der Waals surface area contributed by atoms with Crippen molar-refractivity contribution in [3.8, 4) is 0 Å². The topological polar surface area (TPSA) is 239 Å². The average molecular weight is 1040 g/mol. The number of amides is 3. The maximum Gasteiger partial charge on any atom is 0.328 e. The van der Waals surface area contributed by atoms with E-state index >= 15 is 0 Å². The lowest BCUT2D eigenvalue weighted by molar-refractivity contribution is -0.135. The number of aromatic amines is 1. The number of rotatable bonds is 26. The number of aryl methyl sites for hydroxylation is 2. The molecule has 1 fully saturated rings. The summed E-state index contributed by atoms with van der Waals surface area (Å²) in [7, 11) is -3.85. The number of carbonyl (C=O) groups excluding carboxylic acids is 3. The molecule has 1 aliphatic rings. The quantitative estimate of drug-likeness (QED) is 0.0263. The number of benzene rings is 4. The number of hydrogen-bond donors (Lipinski definition) is 5. The lowest BCUT2D eigenvalue weighted by Gasteiger charge is -2.36. The van der Waals surface area contributed by atoms with E-state index in [1.165, 1.54) is 16.4 Å². The first-order valence-electron chi connectivity index (χ1n) is 25.5. The summed E-state index contributed by atoms with van der Waals surface area (Å²) in [6, 6.07) is 38.0. The first kappa shape index (κ1) is 55.2. The molecule has 0 unspecified atom stereocenters. The van der Waals surface area contributed by atoms with Gasteiger partial charge in [-0.15, -0.1) is 0 Å². The number of carbonyl (C=O) groups is 4. The number of unbranched alkanes of at least 4 members (excludes halogenated alkanes) is 6. The van der Waals surface area contributed by atoms with Crippen molar-refractivity contribution < 1.29 is 37.4 Å². The maximum atomic E-state index is 13.3. The maximum absolute atomic E-state index is 13.3. The largest absolute Gasteiger partial charge is 0.480 e. The van der Waals surface area contributed by atoms with E-state index in [-0.39, 0.29) is 33.9 Å². The molecule has 0 aliphatic carbocycles. The van der Waals surface area contributed by atoms with Crippen molar-refractivity contribution >= 4 is 39.4 Å². The molecule has 18 heteroatoms. The lowest BCUT2D eigenvalue weighted by atomic mass is 9.79. The molecule has 2 aromatic heterocycles. The summed E-state index contributed by atoms with van der Waals surface area (Å²) in [5.41, 5.74) is 3.82. The summed E-state index contributed by atoms with van der Waals surface area (Å²) >= 11 is 0. The van der Waals surface area contributed by atoms with E-state index in [0.717, 1.165) is 73.4 Å². The number of anilines is 1. The van der Waals surface area contributed by atoms with Crippen LogP contribution in [0.5, 0.6) is 0 Å². The summed E-state index contributed by atoms with van der Waals surface area (Å²) in [5, 5.41) is 17.0. The number of hydrogen-bond acceptors (Lipinski definition) is 10. The zero-order chi connectivity index (χ0) is 53.2. The number of ether oxygens (including phenoxy) is 1. The van der Waals surface area contributed by atoms with Crippen LogP contribution in [0.4, 0.5) is 5.69 Å². The summed E-state index contributed by atoms with van der Waals surface area (Å²) in [6.07, 6.45) is 10.8. The molecule has 75 heavy (non-hydrogen) atoms. The van der Waals surface area contributed by atoms with Crippen molar-refractivity contribution in [3.05, 3.63) is 194 Å². The number of H-pyrrole nitrogens is 1. The van der Waals surface area contributed by atoms with Gasteiger partial charge < -0.3 is 30.4 Å². The van der Waals surface area contributed by atoms with E-state index < -0.39 is 39.7 Å². The molecule has 3 amide bonds. The summed E-state index contributed by atoms with van der Waals surface area (Å²) in [5.74, 6) is -2.03. The molecule has 7 rings (SSSR count). The molecule has 1 aliphatic heterocycles. The number of piperidine rings is 1. The van der Waals surface area contributed by atoms with E-state index in [2.05, 4.69) is 50.2 Å². The molecule has 0 spiro atoms. The second-order valence-corrected chi connectivity index (χ2v) is 20.7. The Labute approximate surface area is 436 Å². The van der Waals surface area contributed by atoms with Gasteiger partial charge in [0, 0.05) is 68.4 Å². The Morgan fingerprint density at radius 1 is 0.733 bits per heavy atom. The second-order valence-electron chi connectivity index (χ2n) is 18.7. The van der Waals surface area contributed by atoms with E-state index in [1.807, 2.05) is 84.9 Å². The molecule has 4 aromatic carbocycles. The third-order valence-corrected chi connectivity index (χ3v) is 15.3. The minimum absolute atomic E-state index is 0.0485. The molecule has 6 aromatic rings. The Hall–Kier alpha value is -7.54. The van der Waals surface area contributed by atoms with Crippen LogP contribution < -0.4 is 27.2 Å². The summed E-state index contributed by atoms with van der Waals surface area (Å²) in [6.45, 7) is 3.21. The predicted molar refractivity (Wildman–Crippen MR) is 285 cm³/mol. The summed E-state index contributed by atoms with van der Waals surface area (Å²) in [4.78, 5) is 79.1. The van der Waals surface area contributed by atoms with Gasteiger partial charge in [0.1, 0.15) is 22.7 Å². The fourth-order valence-electron chi connectivity index (χ4n) is 9.32. The first-order chi connectivity index (χ1) is 36.2. The number of aliphatic carboxylic acids is 1. The van der Waals surface area contributed by atoms with Gasteiger partial charge in [-0.1, -0.05) is 111 Å². The Kier molecular flexibility index (Phi) is 19.6. The minimum Gasteiger partial charge on any atom is -0.480 e. The SMILES string of the molecule is Cc1cn(CCCCCCOC(c2ccccc2)(c2ccccc2)c2ccc(C(=O)NCCCCCCC(=O)Nc3ccc(C4CCN(S(=O)(=O)c5ccc(C(=O)NCC(=O)O)nc5)CC4)cc3)cc2)c(=O)[nH]c1=O. The van der Waals surface area contributed by atoms with Gasteiger partial charge in [0.2, 0.25) is 15.9 Å². The van der Waals surface area contributed by atoms with Crippen LogP contribution in [0.25, 0.3) is 0 Å². The fraction of sp³-hybridized carbons (Fsp3) is 0.351. The number of pyridine rings is 1. The van der Waals surface area contributed by atoms with Crippen molar-refractivity contribution in [2.45, 2.75) is 101 Å². The highest BCUT2D eigenvalue weighted by Gasteiger charge is 2.38. The standard InChI is InChI=1S/C57H65N7O10S/c1-41-40-63(56(71)62-53(41)68)34-14-4-5-15-37-74-57(45-16-8-6-9-17-45,46-18-10-7-11-19-46)47-25-21-44(22-26-47)54(69)58-33-13-3-2-12-20-51(65)61-48-27-23-42(24-28-48)43-31-35-64(36-32-43)75(72,73)49-29-30-50(59-38-49)55(70)60-39-52(66)67/h6-11,16-19,21-30,38,40,43H,2-5,12-15,20,31-37,39H2,1H3,(H,58,69)(H,60,70)(H,61,65)(H,66,67)(H,62,68,71). The van der Waals surface area contributed by atoms with Gasteiger partial charge >= 0.3 is 11.7 Å². The number of sulfonamides is 1. The van der Waals surface area contributed by atoms with Crippen LogP contribution in [0, 0.1) is 6.92 Å². The van der Waals surface area contributed by atoms with Gasteiger partial charge in [-0.2, -0.15) is 4.31 Å². The van der Waals surface area contributed by atoms with E-state index in [1.54, 1.807) is 17.7 Å². The Morgan fingerprint density at radius 2 is 1.36 bits per heavy atom. The first-order valence-corrected chi connectivity index (χ1v) is 27.0. The minimum atomic E-state index is -3.85. The molecular weight excluding hydrogens is 975 g/mol. The molecule has 1 saturated heterocycles. The van der Waals surface area contributed by atoms with Crippen molar-refractivity contribution in [1.29, 1.82) is 0 Å². The third kappa shape index (κ3) is 14.8. The van der Waals surface area contributed by atoms with Crippen LogP contribution in [-0.4, -0.2) is 88.8 Å². The van der Waals surface area contributed by atoms with Crippen molar-refractivity contribution in [3.63, 3.8) is 0 Å². The third-order valence-electron chi connectivity index (χ3n) is 13.5. The highest BCUT2D eigenvalue weighted by molar-refractivity contribution is 7.89. The van der Waals surface area contributed by atoms with Crippen molar-refractivity contribution in [2.75, 3.05) is 38.1 Å². The van der Waals surface area contributed by atoms with Gasteiger partial charge in [-0.25, -0.2) is 18.2 Å². The lowest BCUT2D eigenvalue weighted by Crippen LogP contribution is -2.38. The highest BCUT2D eigenvalue weighted by atomic mass is 32.2. The van der Waals surface area contributed by atoms with Gasteiger partial charge in [-0.05, 0) is 110 Å². The molecule has 3 heterocycles. The van der Waals surface area contributed by atoms with Crippen LogP contribution in [0.1, 0.15) is 125 Å². The predicted octanol–water partition coefficient (Wildman–Crippen LogP) is 7.51. The normalized spacial score (nSPS) is 13.2. The molecule has 17 nitrogen and oxygen atoms in total. The molecule has 0 bridgehead atoms. The Morgan fingerprint density at radius 3 is 2.00 bits per heavy atom. The number of nitrogens with zero attached hydrogens (tertiary/aromatic N) is 3. The number of aromatic nitrogens is 3. The second kappa shape index (κ2) is 26.6. The van der Waals surface area contributed by atoms with Crippen LogP contribution in [0.2, 0.25) is 0 Å². The Bertz CT molecular complexity index is 3050. The molecule has 0 atom stereocenters. The number of nitrogens with one attached hydrogen (secondary N) is 4. The van der Waals surface area contributed by atoms with Gasteiger partial charge in [0.25, 0.3) is 17.4 Å². The fourth-order valence-corrected chi connectivity index (χ4v) is 10.7. The zero-order valence-electron chi connectivity index (χ0n) is 42.2. The van der Waals surface area contributed by atoms with E-state index in [9.17, 15) is 37.2 Å². The zero-order valence-corrected chi connectivity index (χ0v) is 43.0. The van der Waals surface area contributed by atoms with Gasteiger partial charge in [-0.3, -0.25) is 29.0 Å². The van der Waals surface area contributed by atoms with Gasteiger partial charge in [0.15, 0.2) is 0 Å². The molecule has 5 N–H and O–H groups in total. The number of carboxylic acid groups (broad SMARTS) is 1. The van der Waals surface area contributed by atoms with Gasteiger partial charge in [0.05, 0.1) is 0 Å². The Balaban J connectivity index is 0.816. The molecule has 0 saturated carbocycles. The van der Waals surface area contributed by atoms with E-state index in [4.69, 9.17) is 9.84 Å². The van der Waals surface area contributed by atoms with Crippen molar-refractivity contribution in [2.24, 2.45) is 0 Å². The van der Waals surface area contributed by atoms with E-state index in [0.29, 0.717) is 75.3 Å². The van der Waals surface area contributed by atoms with Crippen LogP contribution in [0.3, 0.4) is 0 Å². The average Bonchev–Trinajstić information content (AvgIpc) is 3.43. The highest BCUT2D eigenvalue weighted by Crippen LogP contribution is 2.41. The summed E-state index contributed by atoms with van der Waals surface area (Å²) < 4.78 is 36.5. The monoisotopic (exact) mass is 1040 g/mol. The molecular formula is C57H65N7O10S. The van der Waals surface area contributed by atoms with Crippen molar-refractivity contribution in [1.82, 2.24) is 29.5 Å². The van der Waals surface area contributed by atoms with Crippen LogP contribution >= 0.6 is 0 Å². The number of carboxylic acids is 1.